The fraction of sp³-hybridized carbons (Fsp3) is 0.500. The lowest BCUT2D eigenvalue weighted by atomic mass is 10.1. The van der Waals surface area contributed by atoms with Crippen molar-refractivity contribution in [2.45, 2.75) is 34.6 Å². The van der Waals surface area contributed by atoms with Gasteiger partial charge in [-0.1, -0.05) is 41.7 Å². The van der Waals surface area contributed by atoms with E-state index in [4.69, 9.17) is 12.2 Å². The summed E-state index contributed by atoms with van der Waals surface area (Å²) in [6, 6.07) is 4.04. The maximum absolute atomic E-state index is 12.1. The van der Waals surface area contributed by atoms with Gasteiger partial charge >= 0.3 is 0 Å². The molecule has 0 heterocycles. The van der Waals surface area contributed by atoms with E-state index in [9.17, 15) is 9.59 Å². The standard InChI is InChI=1S/C18H27N3O2S2/c1-6-21(7-2)18(24)25-11-16(23)19-10-15(22)20-17-13(4)8-12(3)9-14(17)5/h8-9H,6-7,10-11H2,1-5H3,(H,19,23)(H,20,22). The molecule has 0 spiro atoms. The van der Waals surface area contributed by atoms with Crippen molar-refractivity contribution in [2.75, 3.05) is 30.7 Å². The molecule has 25 heavy (non-hydrogen) atoms. The van der Waals surface area contributed by atoms with Gasteiger partial charge in [0.05, 0.1) is 12.3 Å². The molecular weight excluding hydrogens is 354 g/mol. The minimum absolute atomic E-state index is 0.0514. The van der Waals surface area contributed by atoms with E-state index < -0.39 is 0 Å². The van der Waals surface area contributed by atoms with Crippen LogP contribution in [0.15, 0.2) is 12.1 Å². The Kier molecular flexibility index (Phi) is 8.92. The van der Waals surface area contributed by atoms with Gasteiger partial charge in [-0.2, -0.15) is 0 Å². The molecule has 0 atom stereocenters. The van der Waals surface area contributed by atoms with Gasteiger partial charge in [0, 0.05) is 18.8 Å². The number of carbonyl (C=O) groups is 2. The number of amides is 2. The Morgan fingerprint density at radius 1 is 1.08 bits per heavy atom. The van der Waals surface area contributed by atoms with Gasteiger partial charge in [-0.15, -0.1) is 0 Å². The lowest BCUT2D eigenvalue weighted by Crippen LogP contribution is -2.35. The largest absolute Gasteiger partial charge is 0.358 e. The fourth-order valence-electron chi connectivity index (χ4n) is 2.49. The van der Waals surface area contributed by atoms with Crippen molar-refractivity contribution in [3.05, 3.63) is 28.8 Å². The van der Waals surface area contributed by atoms with E-state index in [1.54, 1.807) is 0 Å². The minimum atomic E-state index is -0.236. The van der Waals surface area contributed by atoms with Crippen molar-refractivity contribution in [1.29, 1.82) is 0 Å². The number of nitrogens with one attached hydrogen (secondary N) is 2. The maximum Gasteiger partial charge on any atom is 0.243 e. The number of hydrogen-bond acceptors (Lipinski definition) is 4. The quantitative estimate of drug-likeness (QED) is 0.711. The normalized spacial score (nSPS) is 10.3. The summed E-state index contributed by atoms with van der Waals surface area (Å²) in [6.45, 7) is 11.6. The molecule has 0 radical (unpaired) electrons. The number of benzene rings is 1. The summed E-state index contributed by atoms with van der Waals surface area (Å²) in [7, 11) is 0. The second-order valence-electron chi connectivity index (χ2n) is 5.83. The predicted octanol–water partition coefficient (Wildman–Crippen LogP) is 3.03. The van der Waals surface area contributed by atoms with Gasteiger partial charge in [0.1, 0.15) is 4.32 Å². The number of rotatable bonds is 7. The smallest absolute Gasteiger partial charge is 0.243 e. The van der Waals surface area contributed by atoms with Crippen LogP contribution in [0.4, 0.5) is 5.69 Å². The molecule has 0 saturated heterocycles. The summed E-state index contributed by atoms with van der Waals surface area (Å²) < 4.78 is 0.704. The number of anilines is 1. The molecule has 138 valence electrons. The molecule has 2 N–H and O–H groups in total. The molecule has 0 fully saturated rings. The first-order valence-electron chi connectivity index (χ1n) is 8.34. The highest BCUT2D eigenvalue weighted by molar-refractivity contribution is 8.23. The highest BCUT2D eigenvalue weighted by atomic mass is 32.2. The van der Waals surface area contributed by atoms with Crippen LogP contribution in [-0.2, 0) is 9.59 Å². The molecule has 5 nitrogen and oxygen atoms in total. The van der Waals surface area contributed by atoms with Gasteiger partial charge in [-0.25, -0.2) is 0 Å². The summed E-state index contributed by atoms with van der Waals surface area (Å²) in [5, 5.41) is 5.50. The third-order valence-electron chi connectivity index (χ3n) is 3.74. The lowest BCUT2D eigenvalue weighted by Gasteiger charge is -2.20. The van der Waals surface area contributed by atoms with Crippen molar-refractivity contribution >= 4 is 45.8 Å². The number of thiocarbonyl (C=S) groups is 1. The van der Waals surface area contributed by atoms with Crippen LogP contribution in [0.1, 0.15) is 30.5 Å². The van der Waals surface area contributed by atoms with Crippen LogP contribution in [0, 0.1) is 20.8 Å². The Balaban J connectivity index is 2.44. The van der Waals surface area contributed by atoms with Crippen molar-refractivity contribution in [1.82, 2.24) is 10.2 Å². The molecule has 0 aromatic heterocycles. The molecule has 7 heteroatoms. The Morgan fingerprint density at radius 2 is 1.64 bits per heavy atom. The van der Waals surface area contributed by atoms with Crippen LogP contribution in [0.3, 0.4) is 0 Å². The summed E-state index contributed by atoms with van der Waals surface area (Å²) in [5.74, 6) is -0.225. The lowest BCUT2D eigenvalue weighted by molar-refractivity contribution is -0.122. The number of aryl methyl sites for hydroxylation is 3. The van der Waals surface area contributed by atoms with Crippen LogP contribution in [0.5, 0.6) is 0 Å². The van der Waals surface area contributed by atoms with E-state index in [-0.39, 0.29) is 24.1 Å². The second kappa shape index (κ2) is 10.4. The van der Waals surface area contributed by atoms with E-state index in [0.29, 0.717) is 4.32 Å². The number of hydrogen-bond donors (Lipinski definition) is 2. The minimum Gasteiger partial charge on any atom is -0.358 e. The maximum atomic E-state index is 12.1. The van der Waals surface area contributed by atoms with Crippen LogP contribution in [0.25, 0.3) is 0 Å². The van der Waals surface area contributed by atoms with E-state index in [1.165, 1.54) is 11.8 Å². The van der Waals surface area contributed by atoms with Crippen LogP contribution >= 0.6 is 24.0 Å². The van der Waals surface area contributed by atoms with Crippen LogP contribution in [0.2, 0.25) is 0 Å². The molecule has 1 rings (SSSR count). The zero-order valence-corrected chi connectivity index (χ0v) is 17.2. The van der Waals surface area contributed by atoms with E-state index >= 15 is 0 Å². The first kappa shape index (κ1) is 21.4. The van der Waals surface area contributed by atoms with E-state index in [0.717, 1.165) is 35.5 Å². The first-order valence-corrected chi connectivity index (χ1v) is 9.73. The Hall–Kier alpha value is -1.60. The summed E-state index contributed by atoms with van der Waals surface area (Å²) in [6.07, 6.45) is 0. The molecular formula is C18H27N3O2S2. The predicted molar refractivity (Wildman–Crippen MR) is 110 cm³/mol. The Bertz CT molecular complexity index is 620. The number of nitrogens with zero attached hydrogens (tertiary/aromatic N) is 1. The second-order valence-corrected chi connectivity index (χ2v) is 7.43. The molecule has 0 aliphatic carbocycles. The Morgan fingerprint density at radius 3 is 2.16 bits per heavy atom. The molecule has 0 bridgehead atoms. The fourth-order valence-corrected chi connectivity index (χ4v) is 3.72. The highest BCUT2D eigenvalue weighted by Crippen LogP contribution is 2.21. The van der Waals surface area contributed by atoms with Gasteiger partial charge in [0.15, 0.2) is 0 Å². The van der Waals surface area contributed by atoms with Gasteiger partial charge in [-0.3, -0.25) is 9.59 Å². The first-order chi connectivity index (χ1) is 11.8. The number of thioether (sulfide) groups is 1. The highest BCUT2D eigenvalue weighted by Gasteiger charge is 2.12. The molecule has 2 amide bonds. The van der Waals surface area contributed by atoms with Crippen LogP contribution < -0.4 is 10.6 Å². The molecule has 0 unspecified atom stereocenters. The SMILES string of the molecule is CCN(CC)C(=S)SCC(=O)NCC(=O)Nc1c(C)cc(C)cc1C. The third kappa shape index (κ3) is 7.04. The molecule has 0 saturated carbocycles. The van der Waals surface area contributed by atoms with Gasteiger partial charge in [0.25, 0.3) is 0 Å². The van der Waals surface area contributed by atoms with Crippen molar-refractivity contribution < 1.29 is 9.59 Å². The van der Waals surface area contributed by atoms with Crippen LogP contribution in [-0.4, -0.2) is 46.4 Å². The number of carbonyl (C=O) groups excluding carboxylic acids is 2. The monoisotopic (exact) mass is 381 g/mol. The van der Waals surface area contributed by atoms with E-state index in [2.05, 4.69) is 10.6 Å². The summed E-state index contributed by atoms with van der Waals surface area (Å²) in [4.78, 5) is 26.0. The summed E-state index contributed by atoms with van der Waals surface area (Å²) in [5.41, 5.74) is 3.99. The van der Waals surface area contributed by atoms with Gasteiger partial charge < -0.3 is 15.5 Å². The Labute approximate surface area is 159 Å². The summed E-state index contributed by atoms with van der Waals surface area (Å²) >= 11 is 6.60. The van der Waals surface area contributed by atoms with Crippen molar-refractivity contribution in [3.8, 4) is 0 Å². The molecule has 0 aliphatic heterocycles. The molecule has 1 aromatic rings. The van der Waals surface area contributed by atoms with Crippen molar-refractivity contribution in [3.63, 3.8) is 0 Å². The van der Waals surface area contributed by atoms with E-state index in [1.807, 2.05) is 51.7 Å². The zero-order valence-electron chi connectivity index (χ0n) is 15.6. The third-order valence-corrected chi connectivity index (χ3v) is 5.26. The molecule has 1 aromatic carbocycles. The average molecular weight is 382 g/mol. The van der Waals surface area contributed by atoms with Crippen molar-refractivity contribution in [2.24, 2.45) is 0 Å². The average Bonchev–Trinajstić information content (AvgIpc) is 2.55. The zero-order chi connectivity index (χ0) is 19.0. The molecule has 0 aliphatic rings. The topological polar surface area (TPSA) is 61.4 Å². The van der Waals surface area contributed by atoms with Gasteiger partial charge in [0.2, 0.25) is 11.8 Å². The van der Waals surface area contributed by atoms with Gasteiger partial charge in [-0.05, 0) is 45.7 Å².